The third-order valence-electron chi connectivity index (χ3n) is 9.21. The van der Waals surface area contributed by atoms with Crippen LogP contribution in [0.5, 0.6) is 0 Å². The molecule has 0 aliphatic rings. The Morgan fingerprint density at radius 1 is 0.654 bits per heavy atom. The fourth-order valence-electron chi connectivity index (χ4n) is 5.86. The molecule has 10 nitrogen and oxygen atoms in total. The van der Waals surface area contributed by atoms with Crippen LogP contribution in [0.3, 0.4) is 0 Å². The van der Waals surface area contributed by atoms with Gasteiger partial charge in [0.25, 0.3) is 0 Å². The zero-order chi connectivity index (χ0) is 38.7. The monoisotopic (exact) mass is 739 g/mol. The summed E-state index contributed by atoms with van der Waals surface area (Å²) in [6.07, 6.45) is 26.5. The first-order valence-electron chi connectivity index (χ1n) is 20.9. The molecule has 0 aliphatic carbocycles. The van der Waals surface area contributed by atoms with Crippen molar-refractivity contribution in [3.05, 3.63) is 12.2 Å². The minimum Gasteiger partial charge on any atom is -0.460 e. The number of quaternary nitrogens is 1. The molecule has 0 radical (unpaired) electrons. The SMILES string of the molecule is CCCCCC(OC(=O)CCCC(=O)OCC[N+](C)(C)C)C(O)CC=CCCCCCCCC(=O)NCCCCCCCCCCCCNC(C)=O. The van der Waals surface area contributed by atoms with Gasteiger partial charge in [-0.05, 0) is 57.8 Å². The maximum absolute atomic E-state index is 12.5. The second kappa shape index (κ2) is 34.3. The molecule has 2 atom stereocenters. The first-order valence-corrected chi connectivity index (χ1v) is 20.9. The number of rotatable bonds is 36. The topological polar surface area (TPSA) is 131 Å². The second-order valence-electron chi connectivity index (χ2n) is 15.6. The normalized spacial score (nSPS) is 12.8. The quantitative estimate of drug-likeness (QED) is 0.0256. The number of aliphatic hydroxyl groups excluding tert-OH is 1. The fourth-order valence-corrected chi connectivity index (χ4v) is 5.86. The predicted molar refractivity (Wildman–Crippen MR) is 212 cm³/mol. The molecule has 3 N–H and O–H groups in total. The van der Waals surface area contributed by atoms with Crippen LogP contribution in [0.25, 0.3) is 0 Å². The van der Waals surface area contributed by atoms with E-state index >= 15 is 0 Å². The minimum absolute atomic E-state index is 0.0584. The standard InChI is InChI=1S/C42H79N3O7/c1-6-7-22-29-39(52-42(50)32-27-31-41(49)51-36-35-45(3,4)5)38(47)28-23-18-14-10-11-15-19-24-30-40(48)44-34-26-21-17-13-9-8-12-16-20-25-33-43-37(2)46/h18,23,38-39,47H,6-17,19-22,24-36H2,1-5H3,(H-,43,44,46,48)/p+1. The van der Waals surface area contributed by atoms with Gasteiger partial charge in [-0.3, -0.25) is 19.2 Å². The number of amides is 2. The molecule has 0 bridgehead atoms. The van der Waals surface area contributed by atoms with Crippen molar-refractivity contribution in [3.8, 4) is 0 Å². The Labute approximate surface area is 318 Å². The summed E-state index contributed by atoms with van der Waals surface area (Å²) in [6.45, 7) is 6.36. The summed E-state index contributed by atoms with van der Waals surface area (Å²) < 4.78 is 11.6. The number of unbranched alkanes of at least 4 members (excludes halogenated alkanes) is 16. The van der Waals surface area contributed by atoms with E-state index in [2.05, 4.69) is 23.6 Å². The number of aliphatic hydroxyl groups is 1. The Morgan fingerprint density at radius 2 is 1.21 bits per heavy atom. The molecule has 0 aromatic carbocycles. The molecule has 0 spiro atoms. The van der Waals surface area contributed by atoms with Crippen LogP contribution in [0.4, 0.5) is 0 Å². The van der Waals surface area contributed by atoms with Crippen LogP contribution in [-0.4, -0.2) is 92.9 Å². The van der Waals surface area contributed by atoms with Crippen LogP contribution >= 0.6 is 0 Å². The largest absolute Gasteiger partial charge is 0.460 e. The molecule has 304 valence electrons. The molecular weight excluding hydrogens is 658 g/mol. The van der Waals surface area contributed by atoms with Crippen molar-refractivity contribution in [2.45, 2.75) is 187 Å². The van der Waals surface area contributed by atoms with Crippen molar-refractivity contribution in [2.75, 3.05) is 47.4 Å². The molecule has 0 fully saturated rings. The summed E-state index contributed by atoms with van der Waals surface area (Å²) in [5.41, 5.74) is 0. The predicted octanol–water partition coefficient (Wildman–Crippen LogP) is 8.09. The number of nitrogens with zero attached hydrogens (tertiary/aromatic N) is 1. The maximum Gasteiger partial charge on any atom is 0.306 e. The zero-order valence-corrected chi connectivity index (χ0v) is 34.2. The number of hydrogen-bond donors (Lipinski definition) is 3. The van der Waals surface area contributed by atoms with E-state index < -0.39 is 12.2 Å². The van der Waals surface area contributed by atoms with Gasteiger partial charge in [0.2, 0.25) is 11.8 Å². The van der Waals surface area contributed by atoms with E-state index in [1.54, 1.807) is 6.92 Å². The summed E-state index contributed by atoms with van der Waals surface area (Å²) in [5.74, 6) is -0.445. The summed E-state index contributed by atoms with van der Waals surface area (Å²) in [4.78, 5) is 47.4. The molecule has 0 rings (SSSR count). The van der Waals surface area contributed by atoms with Crippen molar-refractivity contribution >= 4 is 23.8 Å². The number of likely N-dealkylation sites (N-methyl/N-ethyl adjacent to an activating group) is 1. The summed E-state index contributed by atoms with van der Waals surface area (Å²) in [6, 6.07) is 0. The van der Waals surface area contributed by atoms with Crippen molar-refractivity contribution in [1.29, 1.82) is 0 Å². The highest BCUT2D eigenvalue weighted by Gasteiger charge is 2.22. The van der Waals surface area contributed by atoms with Gasteiger partial charge in [0.15, 0.2) is 0 Å². The van der Waals surface area contributed by atoms with Crippen molar-refractivity contribution in [2.24, 2.45) is 0 Å². The van der Waals surface area contributed by atoms with Crippen LogP contribution in [-0.2, 0) is 28.7 Å². The Morgan fingerprint density at radius 3 is 1.81 bits per heavy atom. The van der Waals surface area contributed by atoms with Crippen LogP contribution in [0, 0.1) is 0 Å². The molecule has 52 heavy (non-hydrogen) atoms. The van der Waals surface area contributed by atoms with E-state index in [-0.39, 0.29) is 36.6 Å². The van der Waals surface area contributed by atoms with Crippen LogP contribution < -0.4 is 10.6 Å². The van der Waals surface area contributed by atoms with E-state index in [9.17, 15) is 24.3 Å². The summed E-state index contributed by atoms with van der Waals surface area (Å²) in [7, 11) is 6.11. The number of esters is 2. The molecule has 0 heterocycles. The van der Waals surface area contributed by atoms with Gasteiger partial charge >= 0.3 is 11.9 Å². The highest BCUT2D eigenvalue weighted by molar-refractivity contribution is 5.75. The number of carbonyl (C=O) groups excluding carboxylic acids is 4. The average molecular weight is 739 g/mol. The van der Waals surface area contributed by atoms with Crippen LogP contribution in [0.15, 0.2) is 12.2 Å². The Hall–Kier alpha value is -2.46. The molecule has 2 unspecified atom stereocenters. The molecular formula is C42H80N3O7+. The van der Waals surface area contributed by atoms with Gasteiger partial charge in [0.05, 0.1) is 27.2 Å². The highest BCUT2D eigenvalue weighted by atomic mass is 16.6. The zero-order valence-electron chi connectivity index (χ0n) is 34.2. The number of allylic oxidation sites excluding steroid dienone is 1. The maximum atomic E-state index is 12.5. The van der Waals surface area contributed by atoms with E-state index in [0.717, 1.165) is 90.3 Å². The molecule has 0 aromatic heterocycles. The van der Waals surface area contributed by atoms with Crippen LogP contribution in [0.2, 0.25) is 0 Å². The lowest BCUT2D eigenvalue weighted by Crippen LogP contribution is -2.38. The first kappa shape index (κ1) is 49.5. The number of nitrogens with one attached hydrogen (secondary N) is 2. The van der Waals surface area contributed by atoms with Gasteiger partial charge in [-0.2, -0.15) is 0 Å². The lowest BCUT2D eigenvalue weighted by Gasteiger charge is -2.23. The average Bonchev–Trinajstić information content (AvgIpc) is 3.08. The molecule has 10 heteroatoms. The van der Waals surface area contributed by atoms with Gasteiger partial charge in [0, 0.05) is 39.3 Å². The third kappa shape index (κ3) is 35.9. The van der Waals surface area contributed by atoms with Crippen molar-refractivity contribution in [1.82, 2.24) is 10.6 Å². The van der Waals surface area contributed by atoms with E-state index in [1.165, 1.54) is 51.4 Å². The van der Waals surface area contributed by atoms with Gasteiger partial charge in [-0.15, -0.1) is 0 Å². The number of ether oxygens (including phenoxy) is 2. The van der Waals surface area contributed by atoms with Crippen LogP contribution in [0.1, 0.15) is 174 Å². The lowest BCUT2D eigenvalue weighted by atomic mass is 10.0. The lowest BCUT2D eigenvalue weighted by molar-refractivity contribution is -0.870. The summed E-state index contributed by atoms with van der Waals surface area (Å²) in [5, 5.41) is 16.7. The summed E-state index contributed by atoms with van der Waals surface area (Å²) >= 11 is 0. The Bertz CT molecular complexity index is 935. The van der Waals surface area contributed by atoms with E-state index in [0.29, 0.717) is 36.8 Å². The van der Waals surface area contributed by atoms with Gasteiger partial charge in [0.1, 0.15) is 19.3 Å². The minimum atomic E-state index is -0.747. The second-order valence-corrected chi connectivity index (χ2v) is 15.6. The van der Waals surface area contributed by atoms with Gasteiger partial charge in [-0.25, -0.2) is 0 Å². The molecule has 0 aliphatic heterocycles. The van der Waals surface area contributed by atoms with Crippen molar-refractivity contribution in [3.63, 3.8) is 0 Å². The van der Waals surface area contributed by atoms with E-state index in [4.69, 9.17) is 9.47 Å². The number of carbonyl (C=O) groups is 4. The Kier molecular flexibility index (Phi) is 32.7. The molecule has 0 aromatic rings. The molecule has 0 saturated heterocycles. The van der Waals surface area contributed by atoms with Crippen molar-refractivity contribution < 1.29 is 38.2 Å². The highest BCUT2D eigenvalue weighted by Crippen LogP contribution is 2.16. The third-order valence-corrected chi connectivity index (χ3v) is 9.21. The van der Waals surface area contributed by atoms with Gasteiger partial charge in [-0.1, -0.05) is 103 Å². The Balaban J connectivity index is 3.88. The number of hydrogen-bond acceptors (Lipinski definition) is 7. The van der Waals surface area contributed by atoms with Gasteiger partial charge < -0.3 is 29.7 Å². The van der Waals surface area contributed by atoms with E-state index in [1.807, 2.05) is 27.2 Å². The first-order chi connectivity index (χ1) is 24.9. The smallest absolute Gasteiger partial charge is 0.306 e. The fraction of sp³-hybridized carbons (Fsp3) is 0.857. The molecule has 0 saturated carbocycles. The molecule has 2 amide bonds.